The Labute approximate surface area is 159 Å². The fourth-order valence-corrected chi connectivity index (χ4v) is 3.35. The van der Waals surface area contributed by atoms with Crippen molar-refractivity contribution in [3.8, 4) is 5.75 Å². The summed E-state index contributed by atoms with van der Waals surface area (Å²) in [5.74, 6) is 0.266. The van der Waals surface area contributed by atoms with E-state index >= 15 is 0 Å². The molecule has 1 aliphatic heterocycles. The molecule has 2 aromatic rings. The van der Waals surface area contributed by atoms with Gasteiger partial charge in [0.05, 0.1) is 0 Å². The number of hydrogen-bond acceptors (Lipinski definition) is 4. The summed E-state index contributed by atoms with van der Waals surface area (Å²) in [6.07, 6.45) is 0. The third-order valence-corrected chi connectivity index (χ3v) is 4.77. The maximum absolute atomic E-state index is 12.7. The second-order valence-electron chi connectivity index (χ2n) is 6.82. The van der Waals surface area contributed by atoms with Crippen LogP contribution in [-0.4, -0.2) is 48.5 Å². The predicted octanol–water partition coefficient (Wildman–Crippen LogP) is 1.52. The molecule has 2 aromatic carbocycles. The second-order valence-corrected chi connectivity index (χ2v) is 6.82. The smallest absolute Gasteiger partial charge is 0.258 e. The molecule has 3 atom stereocenters. The van der Waals surface area contributed by atoms with E-state index in [1.54, 1.807) is 24.0 Å². The van der Waals surface area contributed by atoms with Crippen LogP contribution in [0.4, 0.5) is 0 Å². The van der Waals surface area contributed by atoms with Gasteiger partial charge in [-0.1, -0.05) is 48.5 Å². The van der Waals surface area contributed by atoms with Crippen molar-refractivity contribution in [1.29, 1.82) is 0 Å². The number of likely N-dealkylation sites (tertiary alicyclic amines) is 1. The minimum atomic E-state index is -0.626. The van der Waals surface area contributed by atoms with Gasteiger partial charge in [-0.3, -0.25) is 9.59 Å². The molecular weight excluding hydrogens is 342 g/mol. The van der Waals surface area contributed by atoms with E-state index < -0.39 is 6.04 Å². The number of para-hydroxylation sites is 1. The number of benzene rings is 2. The van der Waals surface area contributed by atoms with Crippen LogP contribution in [-0.2, 0) is 9.59 Å². The maximum Gasteiger partial charge on any atom is 0.258 e. The SMILES string of the molecule is CC(NC(=O)COc1ccccc1)C(=O)N1C[C@@H](N)[C@H](c2ccccc2)C1. The zero-order valence-corrected chi connectivity index (χ0v) is 15.4. The molecule has 6 heteroatoms. The molecule has 3 N–H and O–H groups in total. The Morgan fingerprint density at radius 2 is 1.74 bits per heavy atom. The van der Waals surface area contributed by atoms with Gasteiger partial charge in [0.25, 0.3) is 5.91 Å². The van der Waals surface area contributed by atoms with E-state index in [0.29, 0.717) is 18.8 Å². The number of carbonyl (C=O) groups excluding carboxylic acids is 2. The van der Waals surface area contributed by atoms with Crippen molar-refractivity contribution in [2.24, 2.45) is 5.73 Å². The van der Waals surface area contributed by atoms with Gasteiger partial charge in [0.15, 0.2) is 6.61 Å². The van der Waals surface area contributed by atoms with Crippen molar-refractivity contribution in [2.45, 2.75) is 24.9 Å². The fraction of sp³-hybridized carbons (Fsp3) is 0.333. The first-order valence-electron chi connectivity index (χ1n) is 9.11. The molecule has 1 unspecified atom stereocenters. The summed E-state index contributed by atoms with van der Waals surface area (Å²) < 4.78 is 5.41. The summed E-state index contributed by atoms with van der Waals surface area (Å²) in [4.78, 5) is 26.5. The summed E-state index contributed by atoms with van der Waals surface area (Å²) in [6.45, 7) is 2.60. The first-order valence-corrected chi connectivity index (χ1v) is 9.11. The molecule has 27 heavy (non-hydrogen) atoms. The number of nitrogens with zero attached hydrogens (tertiary/aromatic N) is 1. The van der Waals surface area contributed by atoms with E-state index in [9.17, 15) is 9.59 Å². The molecule has 1 saturated heterocycles. The summed E-state index contributed by atoms with van der Waals surface area (Å²) >= 11 is 0. The van der Waals surface area contributed by atoms with Gasteiger partial charge >= 0.3 is 0 Å². The molecule has 0 aliphatic carbocycles. The zero-order valence-electron chi connectivity index (χ0n) is 15.4. The quantitative estimate of drug-likeness (QED) is 0.811. The Balaban J connectivity index is 1.50. The van der Waals surface area contributed by atoms with Crippen LogP contribution >= 0.6 is 0 Å². The Kier molecular flexibility index (Phi) is 6.08. The third kappa shape index (κ3) is 4.86. The zero-order chi connectivity index (χ0) is 19.2. The minimum Gasteiger partial charge on any atom is -0.484 e. The highest BCUT2D eigenvalue weighted by molar-refractivity contribution is 5.88. The number of carbonyl (C=O) groups is 2. The monoisotopic (exact) mass is 367 g/mol. The van der Waals surface area contributed by atoms with Gasteiger partial charge in [-0.05, 0) is 24.6 Å². The molecule has 142 valence electrons. The van der Waals surface area contributed by atoms with Gasteiger partial charge in [-0.2, -0.15) is 0 Å². The summed E-state index contributed by atoms with van der Waals surface area (Å²) in [7, 11) is 0. The van der Waals surface area contributed by atoms with Crippen LogP contribution < -0.4 is 15.8 Å². The fourth-order valence-electron chi connectivity index (χ4n) is 3.35. The summed E-state index contributed by atoms with van der Waals surface area (Å²) in [5, 5.41) is 2.70. The normalized spacial score (nSPS) is 20.1. The van der Waals surface area contributed by atoms with Gasteiger partial charge in [0.2, 0.25) is 5.91 Å². The van der Waals surface area contributed by atoms with Gasteiger partial charge in [0.1, 0.15) is 11.8 Å². The van der Waals surface area contributed by atoms with Crippen molar-refractivity contribution in [2.75, 3.05) is 19.7 Å². The average Bonchev–Trinajstić information content (AvgIpc) is 3.09. The number of ether oxygens (including phenoxy) is 1. The number of nitrogens with one attached hydrogen (secondary N) is 1. The van der Waals surface area contributed by atoms with Crippen LogP contribution in [0.1, 0.15) is 18.4 Å². The van der Waals surface area contributed by atoms with Crippen molar-refractivity contribution in [3.05, 3.63) is 66.2 Å². The molecule has 3 rings (SSSR count). The highest BCUT2D eigenvalue weighted by atomic mass is 16.5. The largest absolute Gasteiger partial charge is 0.484 e. The Morgan fingerprint density at radius 3 is 2.41 bits per heavy atom. The van der Waals surface area contributed by atoms with Crippen LogP contribution in [0.2, 0.25) is 0 Å². The molecule has 0 spiro atoms. The highest BCUT2D eigenvalue weighted by Crippen LogP contribution is 2.26. The topological polar surface area (TPSA) is 84.7 Å². The molecule has 0 radical (unpaired) electrons. The third-order valence-electron chi connectivity index (χ3n) is 4.77. The molecule has 6 nitrogen and oxygen atoms in total. The van der Waals surface area contributed by atoms with E-state index in [4.69, 9.17) is 10.5 Å². The summed E-state index contributed by atoms with van der Waals surface area (Å²) in [6, 6.07) is 18.3. The van der Waals surface area contributed by atoms with Crippen molar-refractivity contribution < 1.29 is 14.3 Å². The van der Waals surface area contributed by atoms with Crippen molar-refractivity contribution >= 4 is 11.8 Å². The lowest BCUT2D eigenvalue weighted by molar-refractivity contribution is -0.135. The standard InChI is InChI=1S/C21H25N3O3/c1-15(23-20(25)14-27-17-10-6-3-7-11-17)21(26)24-12-18(19(22)13-24)16-8-4-2-5-9-16/h2-11,15,18-19H,12-14,22H2,1H3,(H,23,25)/t15?,18-,19+/m0/s1. The molecule has 0 aromatic heterocycles. The Hall–Kier alpha value is -2.86. The lowest BCUT2D eigenvalue weighted by atomic mass is 9.95. The van der Waals surface area contributed by atoms with Gasteiger partial charge in [-0.15, -0.1) is 0 Å². The molecule has 0 saturated carbocycles. The van der Waals surface area contributed by atoms with E-state index in [2.05, 4.69) is 5.32 Å². The minimum absolute atomic E-state index is 0.110. The van der Waals surface area contributed by atoms with E-state index in [1.807, 2.05) is 48.5 Å². The molecule has 1 fully saturated rings. The van der Waals surface area contributed by atoms with Crippen molar-refractivity contribution in [3.63, 3.8) is 0 Å². The maximum atomic E-state index is 12.7. The highest BCUT2D eigenvalue weighted by Gasteiger charge is 2.35. The molecule has 1 heterocycles. The molecular formula is C21H25N3O3. The van der Waals surface area contributed by atoms with Gasteiger partial charge < -0.3 is 20.7 Å². The van der Waals surface area contributed by atoms with E-state index in [1.165, 1.54) is 0 Å². The lowest BCUT2D eigenvalue weighted by Gasteiger charge is -2.22. The first-order chi connectivity index (χ1) is 13.0. The van der Waals surface area contributed by atoms with Crippen LogP contribution in [0, 0.1) is 0 Å². The molecule has 1 aliphatic rings. The number of nitrogens with two attached hydrogens (primary N) is 1. The van der Waals surface area contributed by atoms with Gasteiger partial charge in [-0.25, -0.2) is 0 Å². The first kappa shape index (κ1) is 18.9. The van der Waals surface area contributed by atoms with E-state index in [0.717, 1.165) is 5.56 Å². The van der Waals surface area contributed by atoms with Crippen LogP contribution in [0.15, 0.2) is 60.7 Å². The Bertz CT molecular complexity index is 767. The number of hydrogen-bond donors (Lipinski definition) is 2. The molecule has 0 bridgehead atoms. The second kappa shape index (κ2) is 8.68. The van der Waals surface area contributed by atoms with Crippen molar-refractivity contribution in [1.82, 2.24) is 10.2 Å². The number of amides is 2. The lowest BCUT2D eigenvalue weighted by Crippen LogP contribution is -2.47. The van der Waals surface area contributed by atoms with Crippen LogP contribution in [0.25, 0.3) is 0 Å². The predicted molar refractivity (Wildman–Crippen MR) is 103 cm³/mol. The van der Waals surface area contributed by atoms with Crippen LogP contribution in [0.3, 0.4) is 0 Å². The van der Waals surface area contributed by atoms with E-state index in [-0.39, 0.29) is 30.4 Å². The molecule has 2 amide bonds. The van der Waals surface area contributed by atoms with Gasteiger partial charge in [0, 0.05) is 25.0 Å². The number of rotatable bonds is 6. The Morgan fingerprint density at radius 1 is 1.11 bits per heavy atom. The van der Waals surface area contributed by atoms with Crippen LogP contribution in [0.5, 0.6) is 5.75 Å². The average molecular weight is 367 g/mol. The summed E-state index contributed by atoms with van der Waals surface area (Å²) in [5.41, 5.74) is 7.38.